The monoisotopic (exact) mass is 349 g/mol. The molecule has 0 saturated carbocycles. The van der Waals surface area contributed by atoms with Gasteiger partial charge in [0.1, 0.15) is 11.5 Å². The van der Waals surface area contributed by atoms with Crippen LogP contribution < -0.4 is 14.9 Å². The third-order valence-corrected chi connectivity index (χ3v) is 3.82. The molecule has 0 fully saturated rings. The van der Waals surface area contributed by atoms with Crippen LogP contribution in [0.1, 0.15) is 15.9 Å². The molecule has 0 saturated heterocycles. The number of hydrogen-bond acceptors (Lipinski definition) is 4. The van der Waals surface area contributed by atoms with Crippen molar-refractivity contribution >= 4 is 12.1 Å². The molecule has 0 spiro atoms. The molecule has 0 radical (unpaired) electrons. The minimum Gasteiger partial charge on any atom is -0.497 e. The van der Waals surface area contributed by atoms with Crippen molar-refractivity contribution in [1.29, 1.82) is 0 Å². The summed E-state index contributed by atoms with van der Waals surface area (Å²) in [4.78, 5) is 12.0. The molecule has 0 aliphatic heterocycles. The average Bonchev–Trinajstić information content (AvgIpc) is 3.17. The summed E-state index contributed by atoms with van der Waals surface area (Å²) >= 11 is 0. The van der Waals surface area contributed by atoms with Gasteiger partial charge in [-0.1, -0.05) is 0 Å². The number of carbonyl (C=O) groups is 1. The first-order chi connectivity index (χ1) is 12.7. The lowest BCUT2D eigenvalue weighted by molar-refractivity contribution is 0.0955. The fourth-order valence-electron chi connectivity index (χ4n) is 2.38. The van der Waals surface area contributed by atoms with Crippen molar-refractivity contribution in [3.8, 4) is 17.2 Å². The van der Waals surface area contributed by atoms with E-state index in [4.69, 9.17) is 9.47 Å². The molecule has 132 valence electrons. The van der Waals surface area contributed by atoms with Crippen molar-refractivity contribution in [3.63, 3.8) is 0 Å². The lowest BCUT2D eigenvalue weighted by atomic mass is 10.2. The van der Waals surface area contributed by atoms with Gasteiger partial charge in [0.15, 0.2) is 0 Å². The Morgan fingerprint density at radius 3 is 2.19 bits per heavy atom. The number of rotatable bonds is 6. The van der Waals surface area contributed by atoms with Crippen molar-refractivity contribution in [2.45, 2.75) is 0 Å². The number of nitrogens with one attached hydrogen (secondary N) is 1. The van der Waals surface area contributed by atoms with Crippen LogP contribution in [0.2, 0.25) is 0 Å². The van der Waals surface area contributed by atoms with Crippen LogP contribution in [0.4, 0.5) is 0 Å². The Balaban J connectivity index is 1.61. The number of amides is 1. The highest BCUT2D eigenvalue weighted by Gasteiger charge is 2.04. The number of benzene rings is 2. The van der Waals surface area contributed by atoms with E-state index < -0.39 is 0 Å². The normalized spacial score (nSPS) is 10.7. The summed E-state index contributed by atoms with van der Waals surface area (Å²) < 4.78 is 12.2. The zero-order valence-electron chi connectivity index (χ0n) is 14.5. The van der Waals surface area contributed by atoms with Gasteiger partial charge in [-0.25, -0.2) is 5.43 Å². The van der Waals surface area contributed by atoms with Crippen molar-refractivity contribution < 1.29 is 14.3 Å². The molecule has 1 aromatic heterocycles. The van der Waals surface area contributed by atoms with E-state index in [1.165, 1.54) is 0 Å². The van der Waals surface area contributed by atoms with Crippen LogP contribution in [0.3, 0.4) is 0 Å². The Bertz CT molecular complexity index is 897. The molecule has 3 rings (SSSR count). The lowest BCUT2D eigenvalue weighted by Gasteiger charge is -2.04. The van der Waals surface area contributed by atoms with E-state index in [1.54, 1.807) is 44.7 Å². The molecule has 26 heavy (non-hydrogen) atoms. The SMILES string of the molecule is COc1ccc(C(=O)N/N=C\c2ccn(-c3ccc(OC)cc3)c2)cc1. The number of methoxy groups -OCH3 is 2. The summed E-state index contributed by atoms with van der Waals surface area (Å²) in [6.45, 7) is 0. The minimum absolute atomic E-state index is 0.279. The fraction of sp³-hybridized carbons (Fsp3) is 0.100. The molecule has 0 unspecified atom stereocenters. The highest BCUT2D eigenvalue weighted by atomic mass is 16.5. The van der Waals surface area contributed by atoms with E-state index >= 15 is 0 Å². The van der Waals surface area contributed by atoms with Gasteiger partial charge >= 0.3 is 0 Å². The molecule has 0 aliphatic rings. The molecule has 1 amide bonds. The summed E-state index contributed by atoms with van der Waals surface area (Å²) in [5.74, 6) is 1.23. The maximum atomic E-state index is 12.0. The van der Waals surface area contributed by atoms with Crippen LogP contribution in [0.15, 0.2) is 72.1 Å². The van der Waals surface area contributed by atoms with Gasteiger partial charge in [0.25, 0.3) is 5.91 Å². The van der Waals surface area contributed by atoms with Crippen molar-refractivity contribution in [1.82, 2.24) is 9.99 Å². The maximum Gasteiger partial charge on any atom is 0.271 e. The summed E-state index contributed by atoms with van der Waals surface area (Å²) in [6, 6.07) is 16.5. The summed E-state index contributed by atoms with van der Waals surface area (Å²) in [6.07, 6.45) is 5.45. The van der Waals surface area contributed by atoms with Gasteiger partial charge in [0, 0.05) is 29.2 Å². The zero-order chi connectivity index (χ0) is 18.4. The Morgan fingerprint density at radius 2 is 1.58 bits per heavy atom. The fourth-order valence-corrected chi connectivity index (χ4v) is 2.38. The van der Waals surface area contributed by atoms with Crippen LogP contribution in [0.5, 0.6) is 11.5 Å². The predicted octanol–water partition coefficient (Wildman–Crippen LogP) is 3.26. The van der Waals surface area contributed by atoms with Crippen LogP contribution in [-0.4, -0.2) is 30.9 Å². The molecule has 2 aromatic carbocycles. The molecule has 1 heterocycles. The smallest absolute Gasteiger partial charge is 0.271 e. The molecule has 6 heteroatoms. The first-order valence-corrected chi connectivity index (χ1v) is 7.99. The average molecular weight is 349 g/mol. The van der Waals surface area contributed by atoms with Crippen molar-refractivity contribution in [2.24, 2.45) is 5.10 Å². The number of hydrazone groups is 1. The first-order valence-electron chi connectivity index (χ1n) is 7.99. The number of aromatic nitrogens is 1. The van der Waals surface area contributed by atoms with E-state index in [1.807, 2.05) is 47.3 Å². The van der Waals surface area contributed by atoms with Gasteiger partial charge in [0.2, 0.25) is 0 Å². The van der Waals surface area contributed by atoms with Gasteiger partial charge < -0.3 is 14.0 Å². The molecular formula is C20H19N3O3. The Labute approximate surface area is 151 Å². The Morgan fingerprint density at radius 1 is 0.962 bits per heavy atom. The van der Waals surface area contributed by atoms with E-state index in [-0.39, 0.29) is 5.91 Å². The van der Waals surface area contributed by atoms with Crippen LogP contribution >= 0.6 is 0 Å². The summed E-state index contributed by atoms with van der Waals surface area (Å²) in [5.41, 5.74) is 4.90. The first kappa shape index (κ1) is 17.3. The minimum atomic E-state index is -0.279. The highest BCUT2D eigenvalue weighted by molar-refractivity contribution is 5.95. The Kier molecular flexibility index (Phi) is 5.34. The van der Waals surface area contributed by atoms with Crippen molar-refractivity contribution in [3.05, 3.63) is 78.1 Å². The maximum absolute atomic E-state index is 12.0. The van der Waals surface area contributed by atoms with Crippen LogP contribution in [0, 0.1) is 0 Å². The molecule has 1 N–H and O–H groups in total. The largest absolute Gasteiger partial charge is 0.497 e. The quantitative estimate of drug-likeness (QED) is 0.549. The number of hydrogen-bond donors (Lipinski definition) is 1. The second kappa shape index (κ2) is 8.02. The number of ether oxygens (including phenoxy) is 2. The van der Waals surface area contributed by atoms with Gasteiger partial charge in [0.05, 0.1) is 20.4 Å². The number of nitrogens with zero attached hydrogens (tertiary/aromatic N) is 2. The standard InChI is InChI=1S/C20H19N3O3/c1-25-18-7-3-16(4-8-18)20(24)22-21-13-15-11-12-23(14-15)17-5-9-19(26-2)10-6-17/h3-14H,1-2H3,(H,22,24)/b21-13-. The summed E-state index contributed by atoms with van der Waals surface area (Å²) in [5, 5.41) is 4.01. The third kappa shape index (κ3) is 4.10. The molecule has 0 bridgehead atoms. The van der Waals surface area contributed by atoms with E-state index in [0.29, 0.717) is 11.3 Å². The van der Waals surface area contributed by atoms with Gasteiger partial charge in [-0.3, -0.25) is 4.79 Å². The Hall–Kier alpha value is -3.54. The second-order valence-corrected chi connectivity index (χ2v) is 5.48. The topological polar surface area (TPSA) is 64.8 Å². The van der Waals surface area contributed by atoms with E-state index in [0.717, 1.165) is 17.0 Å². The second-order valence-electron chi connectivity index (χ2n) is 5.48. The van der Waals surface area contributed by atoms with Crippen LogP contribution in [-0.2, 0) is 0 Å². The molecule has 3 aromatic rings. The predicted molar refractivity (Wildman–Crippen MR) is 100 cm³/mol. The van der Waals surface area contributed by atoms with E-state index in [2.05, 4.69) is 10.5 Å². The molecule has 0 atom stereocenters. The summed E-state index contributed by atoms with van der Waals surface area (Å²) in [7, 11) is 3.22. The lowest BCUT2D eigenvalue weighted by Crippen LogP contribution is -2.17. The molecule has 0 aliphatic carbocycles. The van der Waals surface area contributed by atoms with Gasteiger partial charge in [-0.05, 0) is 54.6 Å². The molecular weight excluding hydrogens is 330 g/mol. The van der Waals surface area contributed by atoms with Crippen molar-refractivity contribution in [2.75, 3.05) is 14.2 Å². The van der Waals surface area contributed by atoms with Gasteiger partial charge in [-0.15, -0.1) is 0 Å². The van der Waals surface area contributed by atoms with Crippen LogP contribution in [0.25, 0.3) is 5.69 Å². The zero-order valence-corrected chi connectivity index (χ0v) is 14.5. The van der Waals surface area contributed by atoms with E-state index in [9.17, 15) is 4.79 Å². The number of carbonyl (C=O) groups excluding carboxylic acids is 1. The highest BCUT2D eigenvalue weighted by Crippen LogP contribution is 2.15. The van der Waals surface area contributed by atoms with Gasteiger partial charge in [-0.2, -0.15) is 5.10 Å². The molecule has 6 nitrogen and oxygen atoms in total. The third-order valence-electron chi connectivity index (χ3n) is 3.82.